The van der Waals surface area contributed by atoms with Gasteiger partial charge in [-0.15, -0.1) is 0 Å². The molecule has 0 aliphatic heterocycles. The molecule has 0 atom stereocenters. The minimum Gasteiger partial charge on any atom is -0.462 e. The largest absolute Gasteiger partial charge is 0.462 e. The predicted molar refractivity (Wildman–Crippen MR) is 115 cm³/mol. The first-order valence-corrected chi connectivity index (χ1v) is 9.47. The second-order valence-electron chi connectivity index (χ2n) is 6.70. The molecule has 0 unspecified atom stereocenters. The number of ether oxygens (including phenoxy) is 1. The van der Waals surface area contributed by atoms with Gasteiger partial charge in [-0.2, -0.15) is 0 Å². The van der Waals surface area contributed by atoms with E-state index in [1.165, 1.54) is 4.57 Å². The van der Waals surface area contributed by atoms with Gasteiger partial charge in [0.1, 0.15) is 11.2 Å². The molecule has 0 radical (unpaired) electrons. The lowest BCUT2D eigenvalue weighted by Crippen LogP contribution is -2.26. The Bertz CT molecular complexity index is 1330. The maximum Gasteiger partial charge on any atom is 0.396 e. The summed E-state index contributed by atoms with van der Waals surface area (Å²) >= 11 is 0. The molecule has 0 spiro atoms. The van der Waals surface area contributed by atoms with Crippen LogP contribution in [0.15, 0.2) is 77.7 Å². The normalized spacial score (nSPS) is 10.6. The van der Waals surface area contributed by atoms with E-state index in [1.807, 2.05) is 30.3 Å². The monoisotopic (exact) mass is 414 g/mol. The lowest BCUT2D eigenvalue weighted by Gasteiger charge is -2.13. The van der Waals surface area contributed by atoms with E-state index in [4.69, 9.17) is 0 Å². The highest BCUT2D eigenvalue weighted by atomic mass is 16.5. The van der Waals surface area contributed by atoms with Crippen molar-refractivity contribution >= 4 is 28.7 Å². The van der Waals surface area contributed by atoms with Crippen molar-refractivity contribution in [1.82, 2.24) is 14.5 Å². The van der Waals surface area contributed by atoms with Crippen LogP contribution in [0.25, 0.3) is 16.9 Å². The number of esters is 1. The van der Waals surface area contributed by atoms with E-state index in [2.05, 4.69) is 20.0 Å². The van der Waals surface area contributed by atoms with Crippen molar-refractivity contribution < 1.29 is 14.3 Å². The van der Waals surface area contributed by atoms with Gasteiger partial charge in [0.05, 0.1) is 12.8 Å². The van der Waals surface area contributed by atoms with Crippen molar-refractivity contribution in [3.8, 4) is 5.69 Å². The van der Waals surface area contributed by atoms with Crippen molar-refractivity contribution in [2.45, 2.75) is 6.42 Å². The Balaban J connectivity index is 1.83. The number of nitrogens with one attached hydrogen (secondary N) is 1. The second kappa shape index (κ2) is 8.58. The molecule has 0 bridgehead atoms. The molecule has 1 amide bonds. The number of aromatic nitrogens is 3. The Morgan fingerprint density at radius 2 is 1.84 bits per heavy atom. The Kier molecular flexibility index (Phi) is 5.53. The van der Waals surface area contributed by atoms with Crippen molar-refractivity contribution in [1.29, 1.82) is 0 Å². The van der Waals surface area contributed by atoms with Gasteiger partial charge >= 0.3 is 11.9 Å². The van der Waals surface area contributed by atoms with Gasteiger partial charge in [0.15, 0.2) is 5.65 Å². The molecule has 0 aliphatic rings. The van der Waals surface area contributed by atoms with Crippen LogP contribution in [0.2, 0.25) is 0 Å². The summed E-state index contributed by atoms with van der Waals surface area (Å²) in [5.74, 6) is -1.92. The summed E-state index contributed by atoms with van der Waals surface area (Å²) in [4.78, 5) is 45.5. The van der Waals surface area contributed by atoms with Crippen LogP contribution in [0, 0.1) is 0 Å². The molecule has 154 valence electrons. The zero-order chi connectivity index (χ0) is 21.8. The Morgan fingerprint density at radius 3 is 2.61 bits per heavy atom. The zero-order valence-corrected chi connectivity index (χ0v) is 16.6. The van der Waals surface area contributed by atoms with Crippen molar-refractivity contribution in [3.63, 3.8) is 0 Å². The Morgan fingerprint density at radius 1 is 1.03 bits per heavy atom. The van der Waals surface area contributed by atoms with Crippen molar-refractivity contribution in [2.24, 2.45) is 0 Å². The quantitative estimate of drug-likeness (QED) is 0.407. The average Bonchev–Trinajstić information content (AvgIpc) is 2.80. The standard InChI is InChI=1S/C23H18N4O4/c1-31-23(30)21(28)25-16-9-5-10-17(14-16)27-20-18(11-6-12-24-20)26-19(22(27)29)13-15-7-3-2-4-8-15/h2-12,14H,13H2,1H3,(H,25,28). The molecule has 4 aromatic rings. The van der Waals surface area contributed by atoms with Gasteiger partial charge < -0.3 is 10.1 Å². The second-order valence-corrected chi connectivity index (χ2v) is 6.70. The third kappa shape index (κ3) is 4.18. The minimum atomic E-state index is -1.01. The Labute approximate surface area is 177 Å². The number of benzene rings is 2. The number of hydrogen-bond donors (Lipinski definition) is 1. The molecule has 1 N–H and O–H groups in total. The third-order valence-electron chi connectivity index (χ3n) is 4.63. The van der Waals surface area contributed by atoms with Gasteiger partial charge in [0.25, 0.3) is 5.56 Å². The van der Waals surface area contributed by atoms with E-state index in [1.54, 1.807) is 42.6 Å². The van der Waals surface area contributed by atoms with E-state index in [9.17, 15) is 14.4 Å². The van der Waals surface area contributed by atoms with Crippen LogP contribution >= 0.6 is 0 Å². The number of methoxy groups -OCH3 is 1. The van der Waals surface area contributed by atoms with Gasteiger partial charge in [-0.3, -0.25) is 14.2 Å². The van der Waals surface area contributed by atoms with E-state index in [-0.39, 0.29) is 5.56 Å². The molecule has 31 heavy (non-hydrogen) atoms. The zero-order valence-electron chi connectivity index (χ0n) is 16.6. The lowest BCUT2D eigenvalue weighted by molar-refractivity contribution is -0.150. The number of carbonyl (C=O) groups is 2. The van der Waals surface area contributed by atoms with Crippen LogP contribution in [0.3, 0.4) is 0 Å². The SMILES string of the molecule is COC(=O)C(=O)Nc1cccc(-n2c(=O)c(Cc3ccccc3)nc3cccnc32)c1. The first-order valence-electron chi connectivity index (χ1n) is 9.47. The summed E-state index contributed by atoms with van der Waals surface area (Å²) in [6.45, 7) is 0. The average molecular weight is 414 g/mol. The highest BCUT2D eigenvalue weighted by Gasteiger charge is 2.16. The fourth-order valence-electron chi connectivity index (χ4n) is 3.21. The number of hydrogen-bond acceptors (Lipinski definition) is 6. The van der Waals surface area contributed by atoms with Gasteiger partial charge in [0, 0.05) is 18.3 Å². The predicted octanol–water partition coefficient (Wildman–Crippen LogP) is 2.48. The molecular weight excluding hydrogens is 396 g/mol. The molecule has 2 aromatic carbocycles. The molecule has 2 aromatic heterocycles. The fourth-order valence-corrected chi connectivity index (χ4v) is 3.21. The summed E-state index contributed by atoms with van der Waals surface area (Å²) in [6, 6.07) is 19.7. The maximum absolute atomic E-state index is 13.4. The first kappa shape index (κ1) is 20.0. The first-order chi connectivity index (χ1) is 15.1. The fraction of sp³-hybridized carbons (Fsp3) is 0.0870. The molecule has 4 rings (SSSR count). The molecule has 8 nitrogen and oxygen atoms in total. The molecule has 0 saturated heterocycles. The summed E-state index contributed by atoms with van der Waals surface area (Å²) in [6.07, 6.45) is 1.95. The number of anilines is 1. The number of amides is 1. The van der Waals surface area contributed by atoms with Crippen LogP contribution in [0.1, 0.15) is 11.3 Å². The van der Waals surface area contributed by atoms with Gasteiger partial charge in [-0.05, 0) is 35.9 Å². The number of fused-ring (bicyclic) bond motifs is 1. The van der Waals surface area contributed by atoms with Crippen molar-refractivity contribution in [3.05, 3.63) is 94.5 Å². The molecular formula is C23H18N4O4. The van der Waals surface area contributed by atoms with Crippen LogP contribution in [0.4, 0.5) is 5.69 Å². The molecule has 8 heteroatoms. The molecule has 0 fully saturated rings. The van der Waals surface area contributed by atoms with Gasteiger partial charge in [0.2, 0.25) is 0 Å². The maximum atomic E-state index is 13.4. The van der Waals surface area contributed by atoms with Crippen LogP contribution < -0.4 is 10.9 Å². The third-order valence-corrected chi connectivity index (χ3v) is 4.63. The van der Waals surface area contributed by atoms with Crippen molar-refractivity contribution in [2.75, 3.05) is 12.4 Å². The van der Waals surface area contributed by atoms with Gasteiger partial charge in [-0.25, -0.2) is 14.8 Å². The van der Waals surface area contributed by atoms with E-state index < -0.39 is 11.9 Å². The van der Waals surface area contributed by atoms with E-state index in [0.717, 1.165) is 12.7 Å². The number of rotatable bonds is 4. The van der Waals surface area contributed by atoms with E-state index >= 15 is 0 Å². The smallest absolute Gasteiger partial charge is 0.396 e. The molecule has 0 aliphatic carbocycles. The van der Waals surface area contributed by atoms with Crippen LogP contribution in [-0.4, -0.2) is 33.5 Å². The highest BCUT2D eigenvalue weighted by Crippen LogP contribution is 2.18. The summed E-state index contributed by atoms with van der Waals surface area (Å²) in [5, 5.41) is 2.46. The number of pyridine rings is 1. The lowest BCUT2D eigenvalue weighted by atomic mass is 10.1. The number of carbonyl (C=O) groups excluding carboxylic acids is 2. The summed E-state index contributed by atoms with van der Waals surface area (Å²) in [7, 11) is 1.13. The van der Waals surface area contributed by atoms with Crippen LogP contribution in [0.5, 0.6) is 0 Å². The van der Waals surface area contributed by atoms with Gasteiger partial charge in [-0.1, -0.05) is 36.4 Å². The summed E-state index contributed by atoms with van der Waals surface area (Å²) in [5.41, 5.74) is 2.79. The minimum absolute atomic E-state index is 0.313. The molecule has 0 saturated carbocycles. The molecule has 2 heterocycles. The summed E-state index contributed by atoms with van der Waals surface area (Å²) < 4.78 is 5.88. The highest BCUT2D eigenvalue weighted by molar-refractivity contribution is 6.37. The number of nitrogens with zero attached hydrogens (tertiary/aromatic N) is 3. The Hall–Kier alpha value is -4.33. The topological polar surface area (TPSA) is 103 Å². The van der Waals surface area contributed by atoms with Crippen LogP contribution in [-0.2, 0) is 20.7 Å². The van der Waals surface area contributed by atoms with E-state index in [0.29, 0.717) is 34.7 Å².